The van der Waals surface area contributed by atoms with Crippen molar-refractivity contribution < 1.29 is 37.1 Å². The first-order chi connectivity index (χ1) is 26.5. The lowest BCUT2D eigenvalue weighted by molar-refractivity contribution is -0.138. The Bertz CT molecular complexity index is 1840. The molecule has 6 rings (SSSR count). The summed E-state index contributed by atoms with van der Waals surface area (Å²) in [6, 6.07) is 9.69. The molecule has 4 fully saturated rings. The van der Waals surface area contributed by atoms with Crippen LogP contribution in [0, 0.1) is 11.3 Å². The predicted octanol–water partition coefficient (Wildman–Crippen LogP) is 4.49. The van der Waals surface area contributed by atoms with Crippen molar-refractivity contribution in [1.29, 1.82) is 5.26 Å². The minimum atomic E-state index is -4.81. The molecule has 56 heavy (non-hydrogen) atoms. The minimum Gasteiger partial charge on any atom is -0.377 e. The number of anilines is 2. The molecule has 302 valence electrons. The van der Waals surface area contributed by atoms with Crippen molar-refractivity contribution in [2.75, 3.05) is 43.0 Å². The number of hydrogen-bond donors (Lipinski definition) is 3. The number of imide groups is 1. The predicted molar refractivity (Wildman–Crippen MR) is 204 cm³/mol. The third-order valence-electron chi connectivity index (χ3n) is 11.6. The number of nitriles is 1. The second kappa shape index (κ2) is 16.8. The Balaban J connectivity index is 0.941. The van der Waals surface area contributed by atoms with Gasteiger partial charge in [0, 0.05) is 49.9 Å². The molecule has 3 saturated heterocycles. The van der Waals surface area contributed by atoms with Crippen molar-refractivity contribution in [2.45, 2.75) is 114 Å². The molecule has 1 aromatic heterocycles. The molecule has 1 aromatic carbocycles. The second-order valence-electron chi connectivity index (χ2n) is 15.8. The van der Waals surface area contributed by atoms with Gasteiger partial charge in [0.1, 0.15) is 11.6 Å². The van der Waals surface area contributed by atoms with Crippen molar-refractivity contribution in [1.82, 2.24) is 25.0 Å². The summed E-state index contributed by atoms with van der Waals surface area (Å²) in [6.07, 6.45) is 0.101. The van der Waals surface area contributed by atoms with Crippen LogP contribution in [0.25, 0.3) is 0 Å². The summed E-state index contributed by atoms with van der Waals surface area (Å²) in [4.78, 5) is 61.8. The summed E-state index contributed by atoms with van der Waals surface area (Å²) in [6.45, 7) is 10.8. The summed E-state index contributed by atoms with van der Waals surface area (Å²) in [7, 11) is 0. The third kappa shape index (κ3) is 8.89. The van der Waals surface area contributed by atoms with E-state index >= 15 is 0 Å². The van der Waals surface area contributed by atoms with E-state index in [-0.39, 0.29) is 60.1 Å². The largest absolute Gasteiger partial charge is 0.419 e. The van der Waals surface area contributed by atoms with Crippen LogP contribution in [-0.4, -0.2) is 111 Å². The van der Waals surface area contributed by atoms with Gasteiger partial charge in [0.15, 0.2) is 5.69 Å². The number of nitrogens with one attached hydrogen (secondary N) is 2. The Kier molecular flexibility index (Phi) is 12.5. The standard InChI is InChI=1S/C39H49F3N8O5S/c1-23-20-47(21-24(2)48(23)22-34(52)45-26-7-5-25(6-8-26)30-13-14-33(51)46-35(30)53)15-16-55-29-11-9-27(10-12-29)50-37(56)49(36(54)38(50,3)4)28-17-31(39(40,41)42)32(18-43)44-19-28/h5-8,17,19,23-24,27,29-30,37,56H,9-16,20-22H2,1-4H3,(H,45,52)(H,46,51,53)/t23-,24+,27?,29?,30?,37?. The van der Waals surface area contributed by atoms with E-state index in [1.165, 1.54) is 11.0 Å². The van der Waals surface area contributed by atoms with E-state index in [0.717, 1.165) is 63.1 Å². The highest BCUT2D eigenvalue weighted by atomic mass is 32.1. The molecule has 2 N–H and O–H groups in total. The van der Waals surface area contributed by atoms with Gasteiger partial charge in [0.2, 0.25) is 23.6 Å². The molecular formula is C39H49F3N8O5S. The topological polar surface area (TPSA) is 151 Å². The van der Waals surface area contributed by atoms with Crippen molar-refractivity contribution in [3.8, 4) is 6.07 Å². The molecular weight excluding hydrogens is 750 g/mol. The highest BCUT2D eigenvalue weighted by molar-refractivity contribution is 7.81. The van der Waals surface area contributed by atoms with Gasteiger partial charge in [-0.2, -0.15) is 18.4 Å². The molecule has 4 heterocycles. The number of ether oxygens (including phenoxy) is 1. The number of amides is 4. The number of thiol groups is 1. The van der Waals surface area contributed by atoms with E-state index in [9.17, 15) is 32.3 Å². The number of hydrogen-bond acceptors (Lipinski definition) is 11. The maximum atomic E-state index is 13.7. The van der Waals surface area contributed by atoms with Crippen LogP contribution in [0.15, 0.2) is 36.5 Å². The van der Waals surface area contributed by atoms with Crippen LogP contribution in [0.5, 0.6) is 0 Å². The molecule has 0 radical (unpaired) electrons. The van der Waals surface area contributed by atoms with Crippen molar-refractivity contribution in [3.05, 3.63) is 53.3 Å². The van der Waals surface area contributed by atoms with Gasteiger partial charge in [-0.1, -0.05) is 12.1 Å². The van der Waals surface area contributed by atoms with Gasteiger partial charge in [-0.15, -0.1) is 12.6 Å². The number of carbonyl (C=O) groups excluding carboxylic acids is 4. The molecule has 4 amide bonds. The Morgan fingerprint density at radius 3 is 2.34 bits per heavy atom. The first-order valence-corrected chi connectivity index (χ1v) is 19.6. The molecule has 17 heteroatoms. The molecule has 13 nitrogen and oxygen atoms in total. The van der Waals surface area contributed by atoms with Gasteiger partial charge in [-0.05, 0) is 83.6 Å². The average molecular weight is 799 g/mol. The SMILES string of the molecule is C[C@@H]1CN(CCOC2CCC(N3C(S)N(c4cnc(C#N)c(C(F)(F)F)c4)C(=O)C3(C)C)CC2)C[C@H](C)N1CC(=O)Nc1ccc(C2CCC(=O)NC2=O)cc1. The zero-order chi connectivity index (χ0) is 40.5. The number of nitrogens with zero attached hydrogens (tertiary/aromatic N) is 6. The molecule has 4 aliphatic rings. The normalized spacial score (nSPS) is 27.9. The summed E-state index contributed by atoms with van der Waals surface area (Å²) in [5.74, 6) is -1.44. The van der Waals surface area contributed by atoms with Crippen LogP contribution >= 0.6 is 12.6 Å². The van der Waals surface area contributed by atoms with Gasteiger partial charge in [0.05, 0.1) is 48.2 Å². The zero-order valence-electron chi connectivity index (χ0n) is 32.0. The van der Waals surface area contributed by atoms with Crippen molar-refractivity contribution >= 4 is 47.6 Å². The molecule has 0 bridgehead atoms. The summed E-state index contributed by atoms with van der Waals surface area (Å²) < 4.78 is 47.4. The van der Waals surface area contributed by atoms with Gasteiger partial charge >= 0.3 is 6.18 Å². The third-order valence-corrected chi connectivity index (χ3v) is 12.0. The number of carbonyl (C=O) groups is 4. The average Bonchev–Trinajstić information content (AvgIpc) is 3.32. The monoisotopic (exact) mass is 798 g/mol. The second-order valence-corrected chi connectivity index (χ2v) is 16.3. The van der Waals surface area contributed by atoms with Gasteiger partial charge in [-0.3, -0.25) is 44.1 Å². The molecule has 2 aromatic rings. The number of piperazine rings is 1. The number of pyridine rings is 1. The number of piperidine rings is 1. The molecule has 1 saturated carbocycles. The fraction of sp³-hybridized carbons (Fsp3) is 0.590. The van der Waals surface area contributed by atoms with Crippen molar-refractivity contribution in [3.63, 3.8) is 0 Å². The van der Waals surface area contributed by atoms with E-state index in [0.29, 0.717) is 25.1 Å². The van der Waals surface area contributed by atoms with Crippen LogP contribution < -0.4 is 15.5 Å². The fourth-order valence-corrected chi connectivity index (χ4v) is 9.40. The number of alkyl halides is 3. The highest BCUT2D eigenvalue weighted by Crippen LogP contribution is 2.43. The maximum absolute atomic E-state index is 13.7. The molecule has 0 spiro atoms. The van der Waals surface area contributed by atoms with Crippen LogP contribution in [0.2, 0.25) is 0 Å². The van der Waals surface area contributed by atoms with Crippen LogP contribution in [0.4, 0.5) is 24.5 Å². The van der Waals surface area contributed by atoms with Gasteiger partial charge in [-0.25, -0.2) is 4.98 Å². The smallest absolute Gasteiger partial charge is 0.377 e. The van der Waals surface area contributed by atoms with E-state index in [2.05, 4.69) is 39.3 Å². The van der Waals surface area contributed by atoms with E-state index < -0.39 is 34.4 Å². The lowest BCUT2D eigenvalue weighted by Gasteiger charge is -2.44. The minimum absolute atomic E-state index is 0.0390. The fourth-order valence-electron chi connectivity index (χ4n) is 8.68. The van der Waals surface area contributed by atoms with Crippen LogP contribution in [0.3, 0.4) is 0 Å². The van der Waals surface area contributed by atoms with Gasteiger partial charge < -0.3 is 10.1 Å². The number of aromatic nitrogens is 1. The van der Waals surface area contributed by atoms with Crippen LogP contribution in [0.1, 0.15) is 89.0 Å². The molecule has 2 unspecified atom stereocenters. The van der Waals surface area contributed by atoms with Crippen LogP contribution in [-0.2, 0) is 30.1 Å². The zero-order valence-corrected chi connectivity index (χ0v) is 32.9. The summed E-state index contributed by atoms with van der Waals surface area (Å²) in [5.41, 5.74) is -2.40. The number of benzene rings is 1. The first-order valence-electron chi connectivity index (χ1n) is 19.1. The number of halogens is 3. The van der Waals surface area contributed by atoms with Gasteiger partial charge in [0.25, 0.3) is 0 Å². The molecule has 4 atom stereocenters. The number of rotatable bonds is 10. The summed E-state index contributed by atoms with van der Waals surface area (Å²) in [5, 5.41) is 14.5. The Morgan fingerprint density at radius 1 is 1.07 bits per heavy atom. The Labute approximate surface area is 330 Å². The lowest BCUT2D eigenvalue weighted by atomic mass is 9.89. The Hall–Kier alpha value is -4.08. The first kappa shape index (κ1) is 41.6. The van der Waals surface area contributed by atoms with E-state index in [4.69, 9.17) is 22.6 Å². The quantitative estimate of drug-likeness (QED) is 0.232. The maximum Gasteiger partial charge on any atom is 0.419 e. The van der Waals surface area contributed by atoms with E-state index in [1.54, 1.807) is 26.0 Å². The summed E-state index contributed by atoms with van der Waals surface area (Å²) >= 11 is 4.73. The Morgan fingerprint density at radius 2 is 1.73 bits per heavy atom. The van der Waals surface area contributed by atoms with E-state index in [1.807, 2.05) is 17.0 Å². The molecule has 3 aliphatic heterocycles. The molecule has 1 aliphatic carbocycles. The lowest BCUT2D eigenvalue weighted by Crippen LogP contribution is -2.58. The highest BCUT2D eigenvalue weighted by Gasteiger charge is 2.54. The van der Waals surface area contributed by atoms with Crippen molar-refractivity contribution in [2.24, 2.45) is 0 Å².